The topological polar surface area (TPSA) is 24.5 Å². The maximum absolute atomic E-state index is 5.27. The third-order valence-electron chi connectivity index (χ3n) is 3.91. The van der Waals surface area contributed by atoms with Gasteiger partial charge in [0.25, 0.3) is 0 Å². The van der Waals surface area contributed by atoms with Crippen molar-refractivity contribution in [1.82, 2.24) is 10.2 Å². The standard InChI is InChI=1S/C13H28N2O/c1-5-15(11(2)10-16-4)13-8-6-12(14-3)7-9-13/h11-14H,5-10H2,1-4H3. The van der Waals surface area contributed by atoms with Gasteiger partial charge in [0, 0.05) is 25.2 Å². The SMILES string of the molecule is CCN(C(C)COC)C1CCC(NC)CC1. The van der Waals surface area contributed by atoms with E-state index in [9.17, 15) is 0 Å². The van der Waals surface area contributed by atoms with Crippen molar-refractivity contribution in [1.29, 1.82) is 0 Å². The van der Waals surface area contributed by atoms with Crippen LogP contribution >= 0.6 is 0 Å². The molecule has 1 unspecified atom stereocenters. The first-order valence-corrected chi connectivity index (χ1v) is 6.64. The normalized spacial score (nSPS) is 28.3. The number of ether oxygens (including phenoxy) is 1. The Morgan fingerprint density at radius 2 is 1.94 bits per heavy atom. The molecule has 0 spiro atoms. The zero-order valence-electron chi connectivity index (χ0n) is 11.3. The van der Waals surface area contributed by atoms with E-state index in [2.05, 4.69) is 31.1 Å². The summed E-state index contributed by atoms with van der Waals surface area (Å²) in [6.07, 6.45) is 5.29. The van der Waals surface area contributed by atoms with Gasteiger partial charge in [-0.15, -0.1) is 0 Å². The average Bonchev–Trinajstić information content (AvgIpc) is 2.31. The van der Waals surface area contributed by atoms with Crippen molar-refractivity contribution in [3.63, 3.8) is 0 Å². The second-order valence-electron chi connectivity index (χ2n) is 4.93. The van der Waals surface area contributed by atoms with Crippen LogP contribution < -0.4 is 5.32 Å². The molecule has 0 aliphatic heterocycles. The first kappa shape index (κ1) is 13.9. The van der Waals surface area contributed by atoms with E-state index in [4.69, 9.17) is 4.74 Å². The van der Waals surface area contributed by atoms with Crippen LogP contribution in [0.25, 0.3) is 0 Å². The molecule has 0 amide bonds. The molecule has 1 aliphatic carbocycles. The number of nitrogens with one attached hydrogen (secondary N) is 1. The smallest absolute Gasteiger partial charge is 0.0615 e. The molecule has 0 bridgehead atoms. The van der Waals surface area contributed by atoms with Crippen LogP contribution in [0.4, 0.5) is 0 Å². The van der Waals surface area contributed by atoms with Gasteiger partial charge in [-0.1, -0.05) is 6.92 Å². The zero-order valence-corrected chi connectivity index (χ0v) is 11.3. The van der Waals surface area contributed by atoms with Gasteiger partial charge < -0.3 is 10.1 Å². The molecular weight excluding hydrogens is 200 g/mol. The number of rotatable bonds is 6. The van der Waals surface area contributed by atoms with E-state index in [1.807, 2.05) is 0 Å². The van der Waals surface area contributed by atoms with Crippen LogP contribution in [0.1, 0.15) is 39.5 Å². The van der Waals surface area contributed by atoms with E-state index in [0.29, 0.717) is 6.04 Å². The minimum Gasteiger partial charge on any atom is -0.383 e. The van der Waals surface area contributed by atoms with Gasteiger partial charge in [0.2, 0.25) is 0 Å². The fraction of sp³-hybridized carbons (Fsp3) is 1.00. The molecule has 96 valence electrons. The Morgan fingerprint density at radius 1 is 1.31 bits per heavy atom. The van der Waals surface area contributed by atoms with Crippen molar-refractivity contribution >= 4 is 0 Å². The third kappa shape index (κ3) is 3.72. The molecule has 1 saturated carbocycles. The molecule has 16 heavy (non-hydrogen) atoms. The molecule has 3 nitrogen and oxygen atoms in total. The second-order valence-corrected chi connectivity index (χ2v) is 4.93. The summed E-state index contributed by atoms with van der Waals surface area (Å²) in [5.74, 6) is 0. The minimum absolute atomic E-state index is 0.547. The Hall–Kier alpha value is -0.120. The maximum Gasteiger partial charge on any atom is 0.0615 e. The summed E-state index contributed by atoms with van der Waals surface area (Å²) in [6, 6.07) is 2.05. The largest absolute Gasteiger partial charge is 0.383 e. The van der Waals surface area contributed by atoms with E-state index >= 15 is 0 Å². The minimum atomic E-state index is 0.547. The molecular formula is C13H28N2O. The van der Waals surface area contributed by atoms with Crippen molar-refractivity contribution < 1.29 is 4.74 Å². The summed E-state index contributed by atoms with van der Waals surface area (Å²) in [6.45, 7) is 6.52. The molecule has 0 saturated heterocycles. The van der Waals surface area contributed by atoms with E-state index < -0.39 is 0 Å². The molecule has 1 atom stereocenters. The summed E-state index contributed by atoms with van der Waals surface area (Å²) in [5.41, 5.74) is 0. The van der Waals surface area contributed by atoms with Crippen LogP contribution in [0.2, 0.25) is 0 Å². The fourth-order valence-electron chi connectivity index (χ4n) is 2.96. The third-order valence-corrected chi connectivity index (χ3v) is 3.91. The van der Waals surface area contributed by atoms with Crippen molar-refractivity contribution in [2.75, 3.05) is 27.3 Å². The lowest BCUT2D eigenvalue weighted by molar-refractivity contribution is 0.0559. The molecule has 0 radical (unpaired) electrons. The summed E-state index contributed by atoms with van der Waals surface area (Å²) in [7, 11) is 3.87. The monoisotopic (exact) mass is 228 g/mol. The van der Waals surface area contributed by atoms with E-state index in [0.717, 1.165) is 25.2 Å². The zero-order chi connectivity index (χ0) is 12.0. The van der Waals surface area contributed by atoms with Crippen LogP contribution in [0.3, 0.4) is 0 Å². The van der Waals surface area contributed by atoms with Gasteiger partial charge in [-0.05, 0) is 46.2 Å². The average molecular weight is 228 g/mol. The van der Waals surface area contributed by atoms with Crippen LogP contribution in [0.15, 0.2) is 0 Å². The molecule has 1 fully saturated rings. The van der Waals surface area contributed by atoms with Gasteiger partial charge in [0.15, 0.2) is 0 Å². The van der Waals surface area contributed by atoms with Crippen molar-refractivity contribution in [3.05, 3.63) is 0 Å². The number of likely N-dealkylation sites (N-methyl/N-ethyl adjacent to an activating group) is 1. The second kappa shape index (κ2) is 7.25. The highest BCUT2D eigenvalue weighted by Gasteiger charge is 2.26. The highest BCUT2D eigenvalue weighted by Crippen LogP contribution is 2.24. The number of nitrogens with zero attached hydrogens (tertiary/aromatic N) is 1. The highest BCUT2D eigenvalue weighted by atomic mass is 16.5. The van der Waals surface area contributed by atoms with E-state index in [1.54, 1.807) is 7.11 Å². The Bertz CT molecular complexity index is 179. The Morgan fingerprint density at radius 3 is 2.38 bits per heavy atom. The molecule has 0 aromatic heterocycles. The van der Waals surface area contributed by atoms with E-state index in [-0.39, 0.29) is 0 Å². The lowest BCUT2D eigenvalue weighted by Gasteiger charge is -2.39. The van der Waals surface area contributed by atoms with Gasteiger partial charge in [-0.3, -0.25) is 4.90 Å². The lowest BCUT2D eigenvalue weighted by atomic mass is 9.89. The first-order valence-electron chi connectivity index (χ1n) is 6.64. The molecule has 3 heteroatoms. The highest BCUT2D eigenvalue weighted by molar-refractivity contribution is 4.84. The summed E-state index contributed by atoms with van der Waals surface area (Å²) >= 11 is 0. The van der Waals surface area contributed by atoms with Crippen molar-refractivity contribution in [2.45, 2.75) is 57.7 Å². The molecule has 0 aromatic rings. The molecule has 0 heterocycles. The number of hydrogen-bond donors (Lipinski definition) is 1. The van der Waals surface area contributed by atoms with E-state index in [1.165, 1.54) is 25.7 Å². The number of methoxy groups -OCH3 is 1. The van der Waals surface area contributed by atoms with Crippen molar-refractivity contribution in [2.24, 2.45) is 0 Å². The Balaban J connectivity index is 2.42. The molecule has 1 N–H and O–H groups in total. The predicted octanol–water partition coefficient (Wildman–Crippen LogP) is 1.87. The predicted molar refractivity (Wildman–Crippen MR) is 68.8 cm³/mol. The number of hydrogen-bond acceptors (Lipinski definition) is 3. The van der Waals surface area contributed by atoms with Gasteiger partial charge in [-0.2, -0.15) is 0 Å². The van der Waals surface area contributed by atoms with Gasteiger partial charge in [0.1, 0.15) is 0 Å². The van der Waals surface area contributed by atoms with Crippen LogP contribution in [0.5, 0.6) is 0 Å². The summed E-state index contributed by atoms with van der Waals surface area (Å²) in [5, 5.41) is 3.39. The summed E-state index contributed by atoms with van der Waals surface area (Å²) < 4.78 is 5.27. The molecule has 0 aromatic carbocycles. The molecule has 1 aliphatic rings. The maximum atomic E-state index is 5.27. The van der Waals surface area contributed by atoms with Crippen LogP contribution in [-0.4, -0.2) is 50.3 Å². The van der Waals surface area contributed by atoms with Crippen LogP contribution in [0, 0.1) is 0 Å². The molecule has 1 rings (SSSR count). The fourth-order valence-corrected chi connectivity index (χ4v) is 2.96. The summed E-state index contributed by atoms with van der Waals surface area (Å²) in [4.78, 5) is 2.61. The van der Waals surface area contributed by atoms with Gasteiger partial charge >= 0.3 is 0 Å². The Labute approximate surface area is 101 Å². The first-order chi connectivity index (χ1) is 7.72. The lowest BCUT2D eigenvalue weighted by Crippen LogP contribution is -2.47. The van der Waals surface area contributed by atoms with Crippen molar-refractivity contribution in [3.8, 4) is 0 Å². The quantitative estimate of drug-likeness (QED) is 0.751. The van der Waals surface area contributed by atoms with Gasteiger partial charge in [0.05, 0.1) is 6.61 Å². The van der Waals surface area contributed by atoms with Gasteiger partial charge in [-0.25, -0.2) is 0 Å². The van der Waals surface area contributed by atoms with Crippen LogP contribution in [-0.2, 0) is 4.74 Å². The Kier molecular flexibility index (Phi) is 6.32.